The van der Waals surface area contributed by atoms with Gasteiger partial charge in [0, 0.05) is 0 Å². The van der Waals surface area contributed by atoms with E-state index in [1.54, 1.807) is 5.57 Å². The fourth-order valence-corrected chi connectivity index (χ4v) is 9.32. The number of aliphatic hydroxyl groups excluding tert-OH is 2. The third-order valence-electron chi connectivity index (χ3n) is 12.0. The summed E-state index contributed by atoms with van der Waals surface area (Å²) < 4.78 is 0. The maximum absolute atomic E-state index is 10.2. The molecule has 8 atom stereocenters. The smallest absolute Gasteiger partial charge is 0.0585 e. The number of hydrogen-bond acceptors (Lipinski definition) is 2. The summed E-state index contributed by atoms with van der Waals surface area (Å²) in [6.45, 7) is 24.0. The van der Waals surface area contributed by atoms with Gasteiger partial charge in [0.2, 0.25) is 0 Å². The van der Waals surface area contributed by atoms with Gasteiger partial charge in [-0.2, -0.15) is 0 Å². The SMILES string of the molecule is CC1=C(CC[C@@H](C)CCC[C@H](C)CCCC[C@H](C)CCC[C@@H](C)CC[C@@H]2[C@@H](C)C[C@@H](O)CC2(C)C)C(C)(C)C[C@H](O)C1. The van der Waals surface area contributed by atoms with Crippen molar-refractivity contribution in [3.8, 4) is 0 Å². The van der Waals surface area contributed by atoms with E-state index in [4.69, 9.17) is 0 Å². The van der Waals surface area contributed by atoms with Crippen LogP contribution in [0.2, 0.25) is 0 Å². The van der Waals surface area contributed by atoms with Crippen molar-refractivity contribution in [1.82, 2.24) is 0 Å². The quantitative estimate of drug-likeness (QED) is 0.116. The Kier molecular flexibility index (Phi) is 16.2. The Morgan fingerprint density at radius 2 is 1.14 bits per heavy atom. The van der Waals surface area contributed by atoms with E-state index in [2.05, 4.69) is 69.2 Å². The number of hydrogen-bond donors (Lipinski definition) is 2. The van der Waals surface area contributed by atoms with Crippen molar-refractivity contribution in [2.45, 2.75) is 197 Å². The minimum absolute atomic E-state index is 0.0861. The van der Waals surface area contributed by atoms with Crippen LogP contribution in [-0.2, 0) is 0 Å². The van der Waals surface area contributed by atoms with Crippen molar-refractivity contribution in [2.24, 2.45) is 46.3 Å². The lowest BCUT2D eigenvalue weighted by Crippen LogP contribution is -2.40. The van der Waals surface area contributed by atoms with E-state index in [0.29, 0.717) is 5.92 Å². The van der Waals surface area contributed by atoms with E-state index in [0.717, 1.165) is 55.3 Å². The second-order valence-corrected chi connectivity index (χ2v) is 17.6. The summed E-state index contributed by atoms with van der Waals surface area (Å²) in [5, 5.41) is 20.4. The van der Waals surface area contributed by atoms with Gasteiger partial charge in [0.25, 0.3) is 0 Å². The van der Waals surface area contributed by atoms with Crippen LogP contribution in [-0.4, -0.2) is 22.4 Å². The zero-order chi connectivity index (χ0) is 31.5. The molecule has 0 unspecified atom stereocenters. The fraction of sp³-hybridized carbons (Fsp3) is 0.950. The zero-order valence-electron chi connectivity index (χ0n) is 30.2. The molecule has 0 aromatic heterocycles. The van der Waals surface area contributed by atoms with E-state index >= 15 is 0 Å². The van der Waals surface area contributed by atoms with Crippen LogP contribution in [0.25, 0.3) is 0 Å². The first-order chi connectivity index (χ1) is 19.6. The van der Waals surface area contributed by atoms with Crippen molar-refractivity contribution in [3.05, 3.63) is 11.1 Å². The Bertz CT molecular complexity index is 779. The van der Waals surface area contributed by atoms with E-state index in [9.17, 15) is 10.2 Å². The van der Waals surface area contributed by atoms with E-state index in [1.165, 1.54) is 95.5 Å². The first-order valence-electron chi connectivity index (χ1n) is 18.7. The molecule has 2 heteroatoms. The van der Waals surface area contributed by atoms with Crippen LogP contribution < -0.4 is 0 Å². The van der Waals surface area contributed by atoms with Gasteiger partial charge in [0.05, 0.1) is 12.2 Å². The normalized spacial score (nSPS) is 28.9. The first-order valence-corrected chi connectivity index (χ1v) is 18.7. The Morgan fingerprint density at radius 1 is 0.667 bits per heavy atom. The minimum Gasteiger partial charge on any atom is -0.393 e. The van der Waals surface area contributed by atoms with Crippen LogP contribution in [0, 0.1) is 46.3 Å². The molecule has 0 saturated heterocycles. The summed E-state index contributed by atoms with van der Waals surface area (Å²) in [5.74, 6) is 4.82. The van der Waals surface area contributed by atoms with Crippen molar-refractivity contribution >= 4 is 0 Å². The molecule has 2 aliphatic rings. The molecule has 0 radical (unpaired) electrons. The first kappa shape index (κ1) is 37.8. The monoisotopic (exact) mass is 589 g/mol. The Morgan fingerprint density at radius 3 is 1.64 bits per heavy atom. The van der Waals surface area contributed by atoms with Gasteiger partial charge in [-0.25, -0.2) is 0 Å². The predicted octanol–water partition coefficient (Wildman–Crippen LogP) is 11.9. The Balaban J connectivity index is 1.49. The van der Waals surface area contributed by atoms with Crippen molar-refractivity contribution in [3.63, 3.8) is 0 Å². The molecule has 1 saturated carbocycles. The highest BCUT2D eigenvalue weighted by Gasteiger charge is 2.40. The summed E-state index contributed by atoms with van der Waals surface area (Å²) in [5.41, 5.74) is 3.54. The molecule has 2 nitrogen and oxygen atoms in total. The number of unbranched alkanes of at least 4 members (excludes halogenated alkanes) is 1. The molecule has 0 aromatic carbocycles. The van der Waals surface area contributed by atoms with Gasteiger partial charge in [-0.3, -0.25) is 0 Å². The van der Waals surface area contributed by atoms with Crippen molar-refractivity contribution in [1.29, 1.82) is 0 Å². The van der Waals surface area contributed by atoms with Gasteiger partial charge in [-0.05, 0) is 98.2 Å². The standard InChI is InChI=1S/C40H76O2/c1-29(17-13-19-31(3)21-23-37-33(5)25-35(41)27-39(37,7)8)15-11-12-16-30(2)18-14-20-32(4)22-24-38-34(6)26-36(42)28-40(38,9)10/h29-33,35-37,41-42H,11-28H2,1-10H3/t29-,30+,31+,32-,33-,35+,36+,37+/m0/s1. The molecular weight excluding hydrogens is 512 g/mol. The molecule has 248 valence electrons. The average Bonchev–Trinajstić information content (AvgIpc) is 2.84. The largest absolute Gasteiger partial charge is 0.393 e. The molecule has 0 spiro atoms. The van der Waals surface area contributed by atoms with Crippen LogP contribution in [0.5, 0.6) is 0 Å². The number of allylic oxidation sites excluding steroid dienone is 1. The van der Waals surface area contributed by atoms with E-state index < -0.39 is 0 Å². The van der Waals surface area contributed by atoms with Crippen molar-refractivity contribution < 1.29 is 10.2 Å². The van der Waals surface area contributed by atoms with Crippen LogP contribution in [0.4, 0.5) is 0 Å². The summed E-state index contributed by atoms with van der Waals surface area (Å²) in [4.78, 5) is 0. The molecule has 2 N–H and O–H groups in total. The maximum atomic E-state index is 10.2. The Labute approximate surface area is 264 Å². The van der Waals surface area contributed by atoms with Gasteiger partial charge >= 0.3 is 0 Å². The summed E-state index contributed by atoms with van der Waals surface area (Å²) in [7, 11) is 0. The molecule has 0 amide bonds. The summed E-state index contributed by atoms with van der Waals surface area (Å²) >= 11 is 0. The second kappa shape index (κ2) is 18.0. The average molecular weight is 589 g/mol. The van der Waals surface area contributed by atoms with Gasteiger partial charge in [0.15, 0.2) is 0 Å². The highest BCUT2D eigenvalue weighted by Crippen LogP contribution is 2.47. The third kappa shape index (κ3) is 13.3. The van der Waals surface area contributed by atoms with Crippen LogP contribution >= 0.6 is 0 Å². The highest BCUT2D eigenvalue weighted by atomic mass is 16.3. The second-order valence-electron chi connectivity index (χ2n) is 17.6. The van der Waals surface area contributed by atoms with Crippen LogP contribution in [0.1, 0.15) is 185 Å². The van der Waals surface area contributed by atoms with Gasteiger partial charge in [0.1, 0.15) is 0 Å². The maximum Gasteiger partial charge on any atom is 0.0585 e. The molecule has 0 heterocycles. The number of rotatable bonds is 19. The molecule has 1 fully saturated rings. The molecule has 2 aliphatic carbocycles. The molecular formula is C40H76O2. The summed E-state index contributed by atoms with van der Waals surface area (Å²) in [6.07, 6.45) is 22.8. The highest BCUT2D eigenvalue weighted by molar-refractivity contribution is 5.23. The molecule has 0 bridgehead atoms. The third-order valence-corrected chi connectivity index (χ3v) is 12.0. The number of aliphatic hydroxyl groups is 2. The molecule has 2 rings (SSSR count). The molecule has 42 heavy (non-hydrogen) atoms. The van der Waals surface area contributed by atoms with Crippen LogP contribution in [0.3, 0.4) is 0 Å². The van der Waals surface area contributed by atoms with Gasteiger partial charge < -0.3 is 10.2 Å². The lowest BCUT2D eigenvalue weighted by molar-refractivity contribution is -0.0174. The topological polar surface area (TPSA) is 40.5 Å². The van der Waals surface area contributed by atoms with E-state index in [-0.39, 0.29) is 23.0 Å². The predicted molar refractivity (Wildman–Crippen MR) is 185 cm³/mol. The van der Waals surface area contributed by atoms with Crippen LogP contribution in [0.15, 0.2) is 11.1 Å². The van der Waals surface area contributed by atoms with Gasteiger partial charge in [-0.1, -0.05) is 144 Å². The molecule has 0 aromatic rings. The Hall–Kier alpha value is -0.340. The fourth-order valence-electron chi connectivity index (χ4n) is 9.32. The lowest BCUT2D eigenvalue weighted by atomic mass is 9.61. The van der Waals surface area contributed by atoms with Crippen molar-refractivity contribution in [2.75, 3.05) is 0 Å². The minimum atomic E-state index is -0.143. The summed E-state index contributed by atoms with van der Waals surface area (Å²) in [6, 6.07) is 0. The zero-order valence-corrected chi connectivity index (χ0v) is 30.2. The lowest BCUT2D eigenvalue weighted by Gasteiger charge is -2.45. The van der Waals surface area contributed by atoms with Gasteiger partial charge in [-0.15, -0.1) is 0 Å². The van der Waals surface area contributed by atoms with E-state index in [1.807, 2.05) is 0 Å². The molecule has 0 aliphatic heterocycles.